The lowest BCUT2D eigenvalue weighted by Gasteiger charge is -2.22. The molecule has 17 heavy (non-hydrogen) atoms. The molecule has 0 aromatic heterocycles. The van der Waals surface area contributed by atoms with Gasteiger partial charge in [0, 0.05) is 6.54 Å². The normalized spacial score (nSPS) is 19.3. The first kappa shape index (κ1) is 11.4. The minimum absolute atomic E-state index is 0.0763. The van der Waals surface area contributed by atoms with E-state index in [0.29, 0.717) is 13.0 Å². The van der Waals surface area contributed by atoms with Crippen molar-refractivity contribution >= 4 is 11.8 Å². The van der Waals surface area contributed by atoms with E-state index < -0.39 is 11.9 Å². The summed E-state index contributed by atoms with van der Waals surface area (Å²) < 4.78 is 0. The molecule has 1 saturated heterocycles. The van der Waals surface area contributed by atoms with Crippen LogP contribution in [0.1, 0.15) is 23.2 Å². The van der Waals surface area contributed by atoms with Gasteiger partial charge in [-0.05, 0) is 25.0 Å². The Labute approximate surface area is 98.8 Å². The van der Waals surface area contributed by atoms with Gasteiger partial charge < -0.3 is 15.7 Å². The lowest BCUT2D eigenvalue weighted by molar-refractivity contribution is -0.121. The van der Waals surface area contributed by atoms with E-state index in [0.717, 1.165) is 6.42 Å². The summed E-state index contributed by atoms with van der Waals surface area (Å²) in [6.45, 7) is 0.501. The standard InChI is InChI=1S/C12H14N2O3/c13-11(16)9-5-3-7-14(9)12(17)8-4-1-2-6-10(8)15/h1-2,4,6,9,15H,3,5,7H2,(H2,13,16). The molecule has 2 amide bonds. The van der Waals surface area contributed by atoms with Crippen molar-refractivity contribution in [2.45, 2.75) is 18.9 Å². The third kappa shape index (κ3) is 2.08. The highest BCUT2D eigenvalue weighted by Crippen LogP contribution is 2.23. The number of para-hydroxylation sites is 1. The van der Waals surface area contributed by atoms with Gasteiger partial charge in [0.2, 0.25) is 5.91 Å². The van der Waals surface area contributed by atoms with Crippen molar-refractivity contribution in [3.05, 3.63) is 29.8 Å². The van der Waals surface area contributed by atoms with Crippen molar-refractivity contribution in [2.75, 3.05) is 6.54 Å². The van der Waals surface area contributed by atoms with Crippen LogP contribution in [0.5, 0.6) is 5.75 Å². The monoisotopic (exact) mass is 234 g/mol. The van der Waals surface area contributed by atoms with Gasteiger partial charge in [0.1, 0.15) is 11.8 Å². The highest BCUT2D eigenvalue weighted by Gasteiger charge is 2.33. The zero-order valence-electron chi connectivity index (χ0n) is 9.30. The highest BCUT2D eigenvalue weighted by molar-refractivity contribution is 5.99. The second-order valence-corrected chi connectivity index (χ2v) is 4.08. The van der Waals surface area contributed by atoms with Gasteiger partial charge >= 0.3 is 0 Å². The molecule has 1 fully saturated rings. The first-order valence-corrected chi connectivity index (χ1v) is 5.49. The van der Waals surface area contributed by atoms with Crippen molar-refractivity contribution < 1.29 is 14.7 Å². The molecule has 1 heterocycles. The minimum atomic E-state index is -0.554. The van der Waals surface area contributed by atoms with Crippen molar-refractivity contribution in [1.82, 2.24) is 4.90 Å². The summed E-state index contributed by atoms with van der Waals surface area (Å²) in [5.41, 5.74) is 5.46. The number of nitrogens with two attached hydrogens (primary N) is 1. The van der Waals surface area contributed by atoms with Crippen LogP contribution in [0.25, 0.3) is 0 Å². The van der Waals surface area contributed by atoms with E-state index in [9.17, 15) is 14.7 Å². The van der Waals surface area contributed by atoms with Crippen LogP contribution >= 0.6 is 0 Å². The number of likely N-dealkylation sites (tertiary alicyclic amines) is 1. The van der Waals surface area contributed by atoms with E-state index in [1.807, 2.05) is 0 Å². The maximum absolute atomic E-state index is 12.1. The zero-order chi connectivity index (χ0) is 12.4. The number of benzene rings is 1. The Bertz CT molecular complexity index is 459. The largest absolute Gasteiger partial charge is 0.507 e. The molecule has 0 bridgehead atoms. The summed E-state index contributed by atoms with van der Waals surface area (Å²) in [6, 6.07) is 5.74. The maximum Gasteiger partial charge on any atom is 0.258 e. The molecule has 0 saturated carbocycles. The van der Waals surface area contributed by atoms with E-state index in [1.165, 1.54) is 17.0 Å². The molecule has 5 nitrogen and oxygen atoms in total. The van der Waals surface area contributed by atoms with Crippen molar-refractivity contribution in [1.29, 1.82) is 0 Å². The summed E-state index contributed by atoms with van der Waals surface area (Å²) in [5, 5.41) is 9.60. The van der Waals surface area contributed by atoms with Crippen LogP contribution in [-0.2, 0) is 4.79 Å². The summed E-state index contributed by atoms with van der Waals surface area (Å²) in [4.78, 5) is 24.8. The SMILES string of the molecule is NC(=O)C1CCCN1C(=O)c1ccccc1O. The second kappa shape index (κ2) is 4.45. The molecule has 90 valence electrons. The number of hydrogen-bond acceptors (Lipinski definition) is 3. The Morgan fingerprint density at radius 3 is 2.71 bits per heavy atom. The summed E-state index contributed by atoms with van der Waals surface area (Å²) >= 11 is 0. The molecule has 5 heteroatoms. The number of phenolic OH excluding ortho intramolecular Hbond substituents is 1. The highest BCUT2D eigenvalue weighted by atomic mass is 16.3. The second-order valence-electron chi connectivity index (χ2n) is 4.08. The Hall–Kier alpha value is -2.04. The Balaban J connectivity index is 2.26. The molecule has 1 aliphatic heterocycles. The van der Waals surface area contributed by atoms with E-state index >= 15 is 0 Å². The lowest BCUT2D eigenvalue weighted by Crippen LogP contribution is -2.43. The van der Waals surface area contributed by atoms with Gasteiger partial charge in [0.15, 0.2) is 0 Å². The number of aromatic hydroxyl groups is 1. The quantitative estimate of drug-likeness (QED) is 0.780. The molecular weight excluding hydrogens is 220 g/mol. The summed E-state index contributed by atoms with van der Waals surface area (Å²) in [7, 11) is 0. The number of carbonyl (C=O) groups is 2. The minimum Gasteiger partial charge on any atom is -0.507 e. The van der Waals surface area contributed by atoms with Gasteiger partial charge in [-0.2, -0.15) is 0 Å². The van der Waals surface area contributed by atoms with Crippen LogP contribution in [0.4, 0.5) is 0 Å². The number of hydrogen-bond donors (Lipinski definition) is 2. The first-order valence-electron chi connectivity index (χ1n) is 5.49. The molecular formula is C12H14N2O3. The Morgan fingerprint density at radius 2 is 2.06 bits per heavy atom. The summed E-state index contributed by atoms with van der Waals surface area (Å²) in [6.07, 6.45) is 1.35. The third-order valence-corrected chi connectivity index (χ3v) is 2.98. The van der Waals surface area contributed by atoms with Gasteiger partial charge in [-0.25, -0.2) is 0 Å². The topological polar surface area (TPSA) is 83.6 Å². The zero-order valence-corrected chi connectivity index (χ0v) is 9.30. The molecule has 1 aliphatic rings. The van der Waals surface area contributed by atoms with Gasteiger partial charge in [-0.15, -0.1) is 0 Å². The van der Waals surface area contributed by atoms with E-state index in [2.05, 4.69) is 0 Å². The summed E-state index contributed by atoms with van der Waals surface area (Å²) in [5.74, 6) is -0.914. The van der Waals surface area contributed by atoms with Crippen LogP contribution in [-0.4, -0.2) is 34.4 Å². The Kier molecular flexibility index (Phi) is 2.99. The molecule has 0 radical (unpaired) electrons. The van der Waals surface area contributed by atoms with Gasteiger partial charge in [-0.1, -0.05) is 12.1 Å². The van der Waals surface area contributed by atoms with Gasteiger partial charge in [0.05, 0.1) is 5.56 Å². The van der Waals surface area contributed by atoms with E-state index in [4.69, 9.17) is 5.73 Å². The van der Waals surface area contributed by atoms with Gasteiger partial charge in [-0.3, -0.25) is 9.59 Å². The van der Waals surface area contributed by atoms with Crippen LogP contribution in [0, 0.1) is 0 Å². The predicted octanol–water partition coefficient (Wildman–Crippen LogP) is 0.482. The number of amides is 2. The smallest absolute Gasteiger partial charge is 0.258 e. The van der Waals surface area contributed by atoms with E-state index in [1.54, 1.807) is 12.1 Å². The predicted molar refractivity (Wildman–Crippen MR) is 61.4 cm³/mol. The fraction of sp³-hybridized carbons (Fsp3) is 0.333. The molecule has 1 aromatic rings. The molecule has 0 spiro atoms. The third-order valence-electron chi connectivity index (χ3n) is 2.98. The fourth-order valence-electron chi connectivity index (χ4n) is 2.11. The lowest BCUT2D eigenvalue weighted by atomic mass is 10.1. The number of primary amides is 1. The molecule has 0 aliphatic carbocycles. The Morgan fingerprint density at radius 1 is 1.35 bits per heavy atom. The molecule has 2 rings (SSSR count). The average molecular weight is 234 g/mol. The average Bonchev–Trinajstić information content (AvgIpc) is 2.77. The first-order chi connectivity index (χ1) is 8.11. The molecule has 1 aromatic carbocycles. The van der Waals surface area contributed by atoms with Crippen LogP contribution < -0.4 is 5.73 Å². The number of rotatable bonds is 2. The number of carbonyl (C=O) groups excluding carboxylic acids is 2. The molecule has 1 unspecified atom stereocenters. The molecule has 1 atom stereocenters. The number of nitrogens with zero attached hydrogens (tertiary/aromatic N) is 1. The fourth-order valence-corrected chi connectivity index (χ4v) is 2.11. The maximum atomic E-state index is 12.1. The number of phenols is 1. The van der Waals surface area contributed by atoms with Crippen LogP contribution in [0.2, 0.25) is 0 Å². The van der Waals surface area contributed by atoms with E-state index in [-0.39, 0.29) is 17.2 Å². The van der Waals surface area contributed by atoms with Crippen molar-refractivity contribution in [2.24, 2.45) is 5.73 Å². The molecule has 3 N–H and O–H groups in total. The van der Waals surface area contributed by atoms with Crippen LogP contribution in [0.15, 0.2) is 24.3 Å². The van der Waals surface area contributed by atoms with Crippen molar-refractivity contribution in [3.8, 4) is 5.75 Å². The van der Waals surface area contributed by atoms with Gasteiger partial charge in [0.25, 0.3) is 5.91 Å². The van der Waals surface area contributed by atoms with Crippen LogP contribution in [0.3, 0.4) is 0 Å². The van der Waals surface area contributed by atoms with Crippen molar-refractivity contribution in [3.63, 3.8) is 0 Å².